The van der Waals surface area contributed by atoms with Crippen molar-refractivity contribution >= 4 is 0 Å². The molecule has 0 fully saturated rings. The summed E-state index contributed by atoms with van der Waals surface area (Å²) < 4.78 is 0. The average molecular weight is 235 g/mol. The Hall–Kier alpha value is -0.900. The summed E-state index contributed by atoms with van der Waals surface area (Å²) in [5.74, 6) is 0. The molecule has 0 aliphatic heterocycles. The van der Waals surface area contributed by atoms with Gasteiger partial charge in [-0.05, 0) is 26.5 Å². The zero-order chi connectivity index (χ0) is 12.7. The molecule has 0 saturated heterocycles. The molecular weight excluding hydrogens is 210 g/mol. The summed E-state index contributed by atoms with van der Waals surface area (Å²) in [5.41, 5.74) is 6.97. The van der Waals surface area contributed by atoms with Crippen LogP contribution in [0.2, 0.25) is 0 Å². The van der Waals surface area contributed by atoms with Crippen molar-refractivity contribution in [1.29, 1.82) is 0 Å². The number of benzene rings is 1. The topological polar surface area (TPSA) is 41.3 Å². The van der Waals surface area contributed by atoms with Gasteiger partial charge in [-0.3, -0.25) is 0 Å². The maximum Gasteiger partial charge on any atom is 0.0252 e. The summed E-state index contributed by atoms with van der Waals surface area (Å²) in [5, 5.41) is 3.46. The normalized spacial score (nSPS) is 12.1. The third-order valence-electron chi connectivity index (χ3n) is 2.71. The number of nitrogens with zero attached hydrogens (tertiary/aromatic N) is 1. The highest BCUT2D eigenvalue weighted by Gasteiger charge is 2.18. The number of nitrogens with two attached hydrogens (primary N) is 1. The van der Waals surface area contributed by atoms with Gasteiger partial charge >= 0.3 is 0 Å². The van der Waals surface area contributed by atoms with E-state index in [4.69, 9.17) is 5.73 Å². The van der Waals surface area contributed by atoms with Crippen molar-refractivity contribution in [2.45, 2.75) is 25.9 Å². The molecule has 3 N–H and O–H groups in total. The van der Waals surface area contributed by atoms with E-state index < -0.39 is 0 Å². The van der Waals surface area contributed by atoms with Crippen LogP contribution in [0, 0.1) is 0 Å². The van der Waals surface area contributed by atoms with Crippen LogP contribution in [0.15, 0.2) is 30.3 Å². The highest BCUT2D eigenvalue weighted by molar-refractivity contribution is 5.14. The summed E-state index contributed by atoms with van der Waals surface area (Å²) in [6.07, 6.45) is 0. The Bertz CT molecular complexity index is 309. The Labute approximate surface area is 105 Å². The average Bonchev–Trinajstić information content (AvgIpc) is 2.27. The van der Waals surface area contributed by atoms with Gasteiger partial charge in [0.15, 0.2) is 0 Å². The fourth-order valence-electron chi connectivity index (χ4n) is 2.09. The van der Waals surface area contributed by atoms with Crippen molar-refractivity contribution in [1.82, 2.24) is 10.2 Å². The number of likely N-dealkylation sites (N-methyl/N-ethyl adjacent to an activating group) is 1. The largest absolute Gasteiger partial charge is 0.329 e. The first-order chi connectivity index (χ1) is 8.03. The van der Waals surface area contributed by atoms with Gasteiger partial charge in [-0.2, -0.15) is 0 Å². The molecule has 0 saturated carbocycles. The van der Waals surface area contributed by atoms with E-state index in [0.29, 0.717) is 6.54 Å². The Morgan fingerprint density at radius 2 is 1.88 bits per heavy atom. The molecule has 1 rings (SSSR count). The van der Waals surface area contributed by atoms with Gasteiger partial charge in [0.25, 0.3) is 0 Å². The monoisotopic (exact) mass is 235 g/mol. The Balaban J connectivity index is 2.41. The fraction of sp³-hybridized carbons (Fsp3) is 0.571. The summed E-state index contributed by atoms with van der Waals surface area (Å²) in [6.45, 7) is 7.96. The third-order valence-corrected chi connectivity index (χ3v) is 2.71. The van der Waals surface area contributed by atoms with E-state index in [1.165, 1.54) is 5.56 Å². The van der Waals surface area contributed by atoms with Gasteiger partial charge in [-0.15, -0.1) is 0 Å². The van der Waals surface area contributed by atoms with Crippen molar-refractivity contribution in [3.05, 3.63) is 35.9 Å². The van der Waals surface area contributed by atoms with Crippen LogP contribution in [0.5, 0.6) is 0 Å². The van der Waals surface area contributed by atoms with Gasteiger partial charge in [0, 0.05) is 31.7 Å². The quantitative estimate of drug-likeness (QED) is 0.751. The Morgan fingerprint density at radius 3 is 2.47 bits per heavy atom. The molecule has 0 atom stereocenters. The van der Waals surface area contributed by atoms with Crippen LogP contribution in [-0.2, 0) is 6.54 Å². The van der Waals surface area contributed by atoms with E-state index in [2.05, 4.69) is 61.4 Å². The van der Waals surface area contributed by atoms with Crippen molar-refractivity contribution in [2.75, 3.05) is 26.7 Å². The third kappa shape index (κ3) is 5.82. The maximum absolute atomic E-state index is 5.51. The first-order valence-corrected chi connectivity index (χ1v) is 6.21. The molecule has 1 aromatic rings. The van der Waals surface area contributed by atoms with Crippen LogP contribution in [0.1, 0.15) is 19.4 Å². The van der Waals surface area contributed by atoms with Crippen molar-refractivity contribution in [3.8, 4) is 0 Å². The smallest absolute Gasteiger partial charge is 0.0252 e. The molecule has 96 valence electrons. The number of rotatable bonds is 7. The number of hydrogen-bond donors (Lipinski definition) is 2. The zero-order valence-corrected chi connectivity index (χ0v) is 11.2. The second-order valence-electron chi connectivity index (χ2n) is 5.26. The summed E-state index contributed by atoms with van der Waals surface area (Å²) in [4.78, 5) is 2.33. The van der Waals surface area contributed by atoms with Gasteiger partial charge in [0.05, 0.1) is 0 Å². The van der Waals surface area contributed by atoms with Crippen LogP contribution < -0.4 is 11.1 Å². The molecule has 0 aliphatic carbocycles. The molecular formula is C14H25N3. The molecule has 17 heavy (non-hydrogen) atoms. The molecule has 3 heteroatoms. The Morgan fingerprint density at radius 1 is 1.24 bits per heavy atom. The lowest BCUT2D eigenvalue weighted by Crippen LogP contribution is -2.49. The SMILES string of the molecule is CN(Cc1ccccc1)CC(C)(C)NCCN. The minimum atomic E-state index is 0.100. The van der Waals surface area contributed by atoms with E-state index >= 15 is 0 Å². The minimum absolute atomic E-state index is 0.100. The summed E-state index contributed by atoms with van der Waals surface area (Å²) >= 11 is 0. The van der Waals surface area contributed by atoms with Gasteiger partial charge in [-0.25, -0.2) is 0 Å². The van der Waals surface area contributed by atoms with Crippen LogP contribution >= 0.6 is 0 Å². The van der Waals surface area contributed by atoms with Gasteiger partial charge < -0.3 is 16.0 Å². The van der Waals surface area contributed by atoms with Gasteiger partial charge in [-0.1, -0.05) is 30.3 Å². The molecule has 0 heterocycles. The molecule has 0 spiro atoms. The number of hydrogen-bond acceptors (Lipinski definition) is 3. The van der Waals surface area contributed by atoms with Crippen molar-refractivity contribution in [2.24, 2.45) is 5.73 Å². The van der Waals surface area contributed by atoms with Crippen LogP contribution in [-0.4, -0.2) is 37.1 Å². The lowest BCUT2D eigenvalue weighted by atomic mass is 10.0. The van der Waals surface area contributed by atoms with E-state index in [9.17, 15) is 0 Å². The Kier molecular flexibility index (Phi) is 5.62. The molecule has 0 aliphatic rings. The van der Waals surface area contributed by atoms with Gasteiger partial charge in [0.1, 0.15) is 0 Å². The minimum Gasteiger partial charge on any atom is -0.329 e. The second-order valence-corrected chi connectivity index (χ2v) is 5.26. The standard InChI is InChI=1S/C14H25N3/c1-14(2,16-10-9-15)12-17(3)11-13-7-5-4-6-8-13/h4-8,16H,9-12,15H2,1-3H3. The van der Waals surface area contributed by atoms with E-state index in [1.54, 1.807) is 0 Å². The van der Waals surface area contributed by atoms with Crippen LogP contribution in [0.25, 0.3) is 0 Å². The van der Waals surface area contributed by atoms with Crippen molar-refractivity contribution < 1.29 is 0 Å². The van der Waals surface area contributed by atoms with E-state index in [-0.39, 0.29) is 5.54 Å². The van der Waals surface area contributed by atoms with Crippen LogP contribution in [0.3, 0.4) is 0 Å². The fourth-order valence-corrected chi connectivity index (χ4v) is 2.09. The highest BCUT2D eigenvalue weighted by Crippen LogP contribution is 2.08. The van der Waals surface area contributed by atoms with E-state index in [0.717, 1.165) is 19.6 Å². The summed E-state index contributed by atoms with van der Waals surface area (Å²) in [7, 11) is 2.15. The first-order valence-electron chi connectivity index (χ1n) is 6.21. The first kappa shape index (κ1) is 14.2. The van der Waals surface area contributed by atoms with E-state index in [1.807, 2.05) is 0 Å². The molecule has 0 amide bonds. The molecule has 0 unspecified atom stereocenters. The molecule has 3 nitrogen and oxygen atoms in total. The molecule has 0 aromatic heterocycles. The second kappa shape index (κ2) is 6.74. The molecule has 0 bridgehead atoms. The predicted molar refractivity (Wildman–Crippen MR) is 73.9 cm³/mol. The summed E-state index contributed by atoms with van der Waals surface area (Å²) in [6, 6.07) is 10.5. The molecule has 1 aromatic carbocycles. The lowest BCUT2D eigenvalue weighted by molar-refractivity contribution is 0.230. The molecule has 0 radical (unpaired) electrons. The highest BCUT2D eigenvalue weighted by atomic mass is 15.1. The maximum atomic E-state index is 5.51. The predicted octanol–water partition coefficient (Wildman–Crippen LogP) is 1.45. The van der Waals surface area contributed by atoms with Gasteiger partial charge in [0.2, 0.25) is 0 Å². The van der Waals surface area contributed by atoms with Crippen LogP contribution in [0.4, 0.5) is 0 Å². The zero-order valence-electron chi connectivity index (χ0n) is 11.2. The lowest BCUT2D eigenvalue weighted by Gasteiger charge is -2.31. The number of nitrogens with one attached hydrogen (secondary N) is 1. The van der Waals surface area contributed by atoms with Crippen molar-refractivity contribution in [3.63, 3.8) is 0 Å².